The molecule has 0 radical (unpaired) electrons. The average Bonchev–Trinajstić information content (AvgIpc) is 2.82. The van der Waals surface area contributed by atoms with Gasteiger partial charge in [-0.2, -0.15) is 0 Å². The van der Waals surface area contributed by atoms with Gasteiger partial charge in [0.2, 0.25) is 10.1 Å². The van der Waals surface area contributed by atoms with Crippen molar-refractivity contribution in [1.29, 1.82) is 0 Å². The lowest BCUT2D eigenvalue weighted by Crippen LogP contribution is -2.18. The fourth-order valence-electron chi connectivity index (χ4n) is 1.45. The molecule has 0 aliphatic heterocycles. The van der Waals surface area contributed by atoms with Crippen molar-refractivity contribution in [2.75, 3.05) is 19.0 Å². The number of hydrogen-bond donors (Lipinski definition) is 1. The third-order valence-electron chi connectivity index (χ3n) is 2.75. The van der Waals surface area contributed by atoms with E-state index in [9.17, 15) is 0 Å². The first-order chi connectivity index (χ1) is 8.40. The van der Waals surface area contributed by atoms with Gasteiger partial charge in [0, 0.05) is 19.1 Å². The third kappa shape index (κ3) is 2.81. The van der Waals surface area contributed by atoms with Gasteiger partial charge in [-0.05, 0) is 6.92 Å². The Morgan fingerprint density at radius 1 is 1.50 bits per heavy atom. The molecule has 0 aliphatic rings. The summed E-state index contributed by atoms with van der Waals surface area (Å²) in [6, 6.07) is 0. The first-order valence-electron chi connectivity index (χ1n) is 6.03. The molecule has 5 nitrogen and oxygen atoms in total. The molecule has 1 unspecified atom stereocenters. The van der Waals surface area contributed by atoms with Crippen molar-refractivity contribution >= 4 is 21.4 Å². The van der Waals surface area contributed by atoms with Crippen LogP contribution in [0.5, 0.6) is 0 Å². The zero-order chi connectivity index (χ0) is 13.3. The lowest BCUT2D eigenvalue weighted by atomic mass is 9.93. The van der Waals surface area contributed by atoms with Crippen LogP contribution in [0.2, 0.25) is 0 Å². The summed E-state index contributed by atoms with van der Waals surface area (Å²) in [7, 11) is 1.70. The predicted molar refractivity (Wildman–Crippen MR) is 74.5 cm³/mol. The Balaban J connectivity index is 2.12. The number of imidazole rings is 1. The Morgan fingerprint density at radius 3 is 2.78 bits per heavy atom. The molecule has 18 heavy (non-hydrogen) atoms. The third-order valence-corrected chi connectivity index (χ3v) is 3.63. The van der Waals surface area contributed by atoms with Crippen molar-refractivity contribution in [3.8, 4) is 0 Å². The monoisotopic (exact) mass is 268 g/mol. The van der Waals surface area contributed by atoms with Gasteiger partial charge in [0.15, 0.2) is 0 Å². The SMILES string of the molecule is COC(C)CNc1nn2cc(C(C)(C)C)nc2s1. The Bertz CT molecular complexity index is 494. The molecule has 2 rings (SSSR count). The molecular weight excluding hydrogens is 248 g/mol. The highest BCUT2D eigenvalue weighted by Crippen LogP contribution is 2.25. The predicted octanol–water partition coefficient (Wildman–Crippen LogP) is 2.54. The van der Waals surface area contributed by atoms with Crippen molar-refractivity contribution in [1.82, 2.24) is 14.6 Å². The Labute approximate surface area is 111 Å². The van der Waals surface area contributed by atoms with Crippen molar-refractivity contribution in [3.63, 3.8) is 0 Å². The second-order valence-electron chi connectivity index (χ2n) is 5.44. The fraction of sp³-hybridized carbons (Fsp3) is 0.667. The Kier molecular flexibility index (Phi) is 3.59. The zero-order valence-electron chi connectivity index (χ0n) is 11.5. The van der Waals surface area contributed by atoms with E-state index in [2.05, 4.69) is 36.2 Å². The molecule has 0 fully saturated rings. The molecule has 0 saturated heterocycles. The molecule has 1 atom stereocenters. The number of methoxy groups -OCH3 is 1. The van der Waals surface area contributed by atoms with Gasteiger partial charge in [0.05, 0.1) is 18.0 Å². The summed E-state index contributed by atoms with van der Waals surface area (Å²) < 4.78 is 7.02. The molecule has 1 N–H and O–H groups in total. The maximum absolute atomic E-state index is 5.18. The second-order valence-corrected chi connectivity index (χ2v) is 6.39. The molecule has 2 heterocycles. The molecule has 0 bridgehead atoms. The summed E-state index contributed by atoms with van der Waals surface area (Å²) in [6.45, 7) is 9.22. The lowest BCUT2D eigenvalue weighted by molar-refractivity contribution is 0.129. The zero-order valence-corrected chi connectivity index (χ0v) is 12.3. The number of nitrogens with zero attached hydrogens (tertiary/aromatic N) is 3. The minimum absolute atomic E-state index is 0.0611. The topological polar surface area (TPSA) is 51.5 Å². The molecular formula is C12H20N4OS. The Morgan fingerprint density at radius 2 is 2.22 bits per heavy atom. The van der Waals surface area contributed by atoms with Crippen LogP contribution in [0.1, 0.15) is 33.4 Å². The number of aromatic nitrogens is 3. The summed E-state index contributed by atoms with van der Waals surface area (Å²) in [5, 5.41) is 8.59. The summed E-state index contributed by atoms with van der Waals surface area (Å²) in [5.74, 6) is 0. The van der Waals surface area contributed by atoms with Gasteiger partial charge in [-0.25, -0.2) is 9.50 Å². The molecule has 0 aromatic carbocycles. The van der Waals surface area contributed by atoms with Crippen LogP contribution in [0.4, 0.5) is 5.13 Å². The van der Waals surface area contributed by atoms with Crippen LogP contribution >= 0.6 is 11.3 Å². The van der Waals surface area contributed by atoms with Gasteiger partial charge in [-0.1, -0.05) is 32.1 Å². The van der Waals surface area contributed by atoms with Crippen molar-refractivity contribution < 1.29 is 4.74 Å². The molecule has 0 amide bonds. The molecule has 0 spiro atoms. The van der Waals surface area contributed by atoms with Crippen LogP contribution in [0.25, 0.3) is 4.96 Å². The maximum Gasteiger partial charge on any atom is 0.214 e. The van der Waals surface area contributed by atoms with Gasteiger partial charge < -0.3 is 10.1 Å². The minimum atomic E-state index is 0.0611. The van der Waals surface area contributed by atoms with Gasteiger partial charge in [-0.15, -0.1) is 5.10 Å². The van der Waals surface area contributed by atoms with Crippen LogP contribution in [-0.4, -0.2) is 34.4 Å². The number of nitrogens with one attached hydrogen (secondary N) is 1. The molecule has 0 aliphatic carbocycles. The van der Waals surface area contributed by atoms with Gasteiger partial charge in [0.25, 0.3) is 0 Å². The van der Waals surface area contributed by atoms with Crippen LogP contribution in [0.3, 0.4) is 0 Å². The maximum atomic E-state index is 5.18. The van der Waals surface area contributed by atoms with E-state index in [1.54, 1.807) is 18.4 Å². The van der Waals surface area contributed by atoms with Gasteiger partial charge >= 0.3 is 0 Å². The van der Waals surface area contributed by atoms with Crippen LogP contribution in [-0.2, 0) is 10.2 Å². The van der Waals surface area contributed by atoms with Gasteiger partial charge in [-0.3, -0.25) is 0 Å². The van der Waals surface area contributed by atoms with E-state index in [0.29, 0.717) is 0 Å². The standard InChI is InChI=1S/C12H20N4OS/c1-8(17-5)6-13-10-15-16-7-9(12(2,3)4)14-11(16)18-10/h7-8H,6H2,1-5H3,(H,13,15). The average molecular weight is 268 g/mol. The normalized spacial score (nSPS) is 14.1. The number of anilines is 1. The summed E-state index contributed by atoms with van der Waals surface area (Å²) in [6.07, 6.45) is 2.17. The molecule has 0 saturated carbocycles. The number of ether oxygens (including phenoxy) is 1. The van der Waals surface area contributed by atoms with E-state index in [1.165, 1.54) is 0 Å². The van der Waals surface area contributed by atoms with E-state index >= 15 is 0 Å². The largest absolute Gasteiger partial charge is 0.380 e. The van der Waals surface area contributed by atoms with E-state index in [1.807, 2.05) is 17.6 Å². The minimum Gasteiger partial charge on any atom is -0.380 e. The fourth-order valence-corrected chi connectivity index (χ4v) is 2.24. The van der Waals surface area contributed by atoms with E-state index in [4.69, 9.17) is 4.74 Å². The van der Waals surface area contributed by atoms with Gasteiger partial charge in [0.1, 0.15) is 0 Å². The quantitative estimate of drug-likeness (QED) is 0.926. The summed E-state index contributed by atoms with van der Waals surface area (Å²) >= 11 is 1.56. The number of hydrogen-bond acceptors (Lipinski definition) is 5. The van der Waals surface area contributed by atoms with E-state index in [-0.39, 0.29) is 11.5 Å². The van der Waals surface area contributed by atoms with Crippen molar-refractivity contribution in [2.45, 2.75) is 39.2 Å². The van der Waals surface area contributed by atoms with Crippen molar-refractivity contribution in [2.24, 2.45) is 0 Å². The highest BCUT2D eigenvalue weighted by atomic mass is 32.1. The van der Waals surface area contributed by atoms with Crippen LogP contribution < -0.4 is 5.32 Å². The highest BCUT2D eigenvalue weighted by molar-refractivity contribution is 7.20. The smallest absolute Gasteiger partial charge is 0.214 e. The van der Waals surface area contributed by atoms with Crippen LogP contribution in [0.15, 0.2) is 6.20 Å². The molecule has 2 aromatic heterocycles. The van der Waals surface area contributed by atoms with Crippen LogP contribution in [0, 0.1) is 0 Å². The van der Waals surface area contributed by atoms with E-state index < -0.39 is 0 Å². The van der Waals surface area contributed by atoms with Crippen molar-refractivity contribution in [3.05, 3.63) is 11.9 Å². The Hall–Kier alpha value is -1.14. The number of fused-ring (bicyclic) bond motifs is 1. The van der Waals surface area contributed by atoms with E-state index in [0.717, 1.165) is 22.3 Å². The molecule has 100 valence electrons. The molecule has 6 heteroatoms. The molecule has 2 aromatic rings. The number of rotatable bonds is 4. The summed E-state index contributed by atoms with van der Waals surface area (Å²) in [4.78, 5) is 5.52. The first-order valence-corrected chi connectivity index (χ1v) is 6.85. The lowest BCUT2D eigenvalue weighted by Gasteiger charge is -2.13. The summed E-state index contributed by atoms with van der Waals surface area (Å²) in [5.41, 5.74) is 1.13. The highest BCUT2D eigenvalue weighted by Gasteiger charge is 2.19. The second kappa shape index (κ2) is 4.85. The first kappa shape index (κ1) is 13.3.